The number of hydrogen-bond acceptors (Lipinski definition) is 5. The molecule has 1 unspecified atom stereocenters. The summed E-state index contributed by atoms with van der Waals surface area (Å²) >= 11 is 1.52. The van der Waals surface area contributed by atoms with Crippen LogP contribution >= 0.6 is 11.8 Å². The molecule has 0 bridgehead atoms. The van der Waals surface area contributed by atoms with Gasteiger partial charge in [-0.3, -0.25) is 14.4 Å². The minimum Gasteiger partial charge on any atom is -0.497 e. The first-order valence-electron chi connectivity index (χ1n) is 9.64. The summed E-state index contributed by atoms with van der Waals surface area (Å²) in [5.74, 6) is 0.989. The third-order valence-electron chi connectivity index (χ3n) is 4.97. The lowest BCUT2D eigenvalue weighted by Gasteiger charge is -2.25. The molecule has 6 nitrogen and oxygen atoms in total. The normalized spacial score (nSPS) is 16.4. The maximum absolute atomic E-state index is 12.8. The molecule has 160 valence electrons. The van der Waals surface area contributed by atoms with E-state index in [1.165, 1.54) is 31.0 Å². The summed E-state index contributed by atoms with van der Waals surface area (Å²) in [6.07, 6.45) is 0. The summed E-state index contributed by atoms with van der Waals surface area (Å²) < 4.78 is 33.3. The van der Waals surface area contributed by atoms with Crippen molar-refractivity contribution in [2.24, 2.45) is 0 Å². The Morgan fingerprint density at radius 1 is 1.03 bits per heavy atom. The second-order valence-electron chi connectivity index (χ2n) is 7.17. The van der Waals surface area contributed by atoms with Gasteiger partial charge < -0.3 is 4.74 Å². The lowest BCUT2D eigenvalue weighted by atomic mass is 10.1. The number of nitrogens with zero attached hydrogens (tertiary/aromatic N) is 1. The van der Waals surface area contributed by atoms with Gasteiger partial charge in [0.25, 0.3) is 10.0 Å². The monoisotopic (exact) mass is 454 g/mol. The van der Waals surface area contributed by atoms with Crippen LogP contribution < -0.4 is 14.4 Å². The van der Waals surface area contributed by atoms with Crippen molar-refractivity contribution in [3.63, 3.8) is 0 Å². The fraction of sp³-hybridized carbons (Fsp3) is 0.174. The average molecular weight is 455 g/mol. The number of methoxy groups -OCH3 is 1. The zero-order valence-electron chi connectivity index (χ0n) is 17.1. The van der Waals surface area contributed by atoms with Crippen molar-refractivity contribution in [2.75, 3.05) is 22.5 Å². The number of carbonyl (C=O) groups excluding carboxylic acids is 1. The SMILES string of the molecule is COc1ccc(S(=O)(=O)Nc2cccc(C3SCC(=O)N3c3ccc(C)cc3)c2)cc1. The van der Waals surface area contributed by atoms with Gasteiger partial charge in [0.1, 0.15) is 11.1 Å². The maximum atomic E-state index is 12.8. The largest absolute Gasteiger partial charge is 0.497 e. The van der Waals surface area contributed by atoms with Crippen molar-refractivity contribution in [1.82, 2.24) is 0 Å². The van der Waals surface area contributed by atoms with Crippen molar-refractivity contribution >= 4 is 39.1 Å². The summed E-state index contributed by atoms with van der Waals surface area (Å²) in [6, 6.07) is 21.2. The predicted molar refractivity (Wildman–Crippen MR) is 124 cm³/mol. The Hall–Kier alpha value is -2.97. The molecule has 0 aromatic heterocycles. The van der Waals surface area contributed by atoms with E-state index in [0.717, 1.165) is 16.8 Å². The third kappa shape index (κ3) is 4.55. The number of hydrogen-bond donors (Lipinski definition) is 1. The molecule has 1 aliphatic rings. The van der Waals surface area contributed by atoms with E-state index in [1.807, 2.05) is 37.3 Å². The molecule has 31 heavy (non-hydrogen) atoms. The Morgan fingerprint density at radius 2 is 1.74 bits per heavy atom. The molecule has 0 radical (unpaired) electrons. The molecule has 1 atom stereocenters. The molecule has 3 aromatic carbocycles. The van der Waals surface area contributed by atoms with Crippen LogP contribution in [0.5, 0.6) is 5.75 Å². The Labute approximate surface area is 186 Å². The highest BCUT2D eigenvalue weighted by Crippen LogP contribution is 2.42. The third-order valence-corrected chi connectivity index (χ3v) is 7.58. The van der Waals surface area contributed by atoms with Crippen LogP contribution in [0.25, 0.3) is 0 Å². The maximum Gasteiger partial charge on any atom is 0.261 e. The number of sulfonamides is 1. The highest BCUT2D eigenvalue weighted by molar-refractivity contribution is 8.00. The van der Waals surface area contributed by atoms with E-state index in [-0.39, 0.29) is 16.2 Å². The fourth-order valence-corrected chi connectivity index (χ4v) is 5.60. The number of thioether (sulfide) groups is 1. The van der Waals surface area contributed by atoms with E-state index in [9.17, 15) is 13.2 Å². The lowest BCUT2D eigenvalue weighted by Crippen LogP contribution is -2.27. The fourth-order valence-electron chi connectivity index (χ4n) is 3.38. The quantitative estimate of drug-likeness (QED) is 0.590. The number of benzene rings is 3. The lowest BCUT2D eigenvalue weighted by molar-refractivity contribution is -0.115. The van der Waals surface area contributed by atoms with Crippen molar-refractivity contribution in [2.45, 2.75) is 17.2 Å². The summed E-state index contributed by atoms with van der Waals surface area (Å²) in [5.41, 5.74) is 3.24. The predicted octanol–water partition coefficient (Wildman–Crippen LogP) is 4.58. The molecule has 1 amide bonds. The number of anilines is 2. The van der Waals surface area contributed by atoms with Crippen LogP contribution in [0, 0.1) is 6.92 Å². The molecule has 4 rings (SSSR count). The van der Waals surface area contributed by atoms with Gasteiger partial charge in [0, 0.05) is 11.4 Å². The standard InChI is InChI=1S/C23H22N2O4S2/c1-16-6-8-19(9-7-16)25-22(26)15-30-23(25)17-4-3-5-18(14-17)24-31(27,28)21-12-10-20(29-2)11-13-21/h3-14,23-24H,15H2,1-2H3. The van der Waals surface area contributed by atoms with Gasteiger partial charge in [-0.2, -0.15) is 0 Å². The van der Waals surface area contributed by atoms with Crippen LogP contribution in [0.1, 0.15) is 16.5 Å². The van der Waals surface area contributed by atoms with E-state index in [2.05, 4.69) is 4.72 Å². The second kappa shape index (κ2) is 8.64. The second-order valence-corrected chi connectivity index (χ2v) is 9.92. The minimum absolute atomic E-state index is 0.0306. The molecule has 1 aliphatic heterocycles. The highest BCUT2D eigenvalue weighted by Gasteiger charge is 2.34. The molecule has 0 aliphatic carbocycles. The molecule has 0 saturated carbocycles. The number of ether oxygens (including phenoxy) is 1. The molecule has 1 fully saturated rings. The molecule has 8 heteroatoms. The Balaban J connectivity index is 1.60. The zero-order chi connectivity index (χ0) is 22.0. The zero-order valence-corrected chi connectivity index (χ0v) is 18.7. The van der Waals surface area contributed by atoms with Crippen LogP contribution in [-0.2, 0) is 14.8 Å². The Morgan fingerprint density at radius 3 is 2.42 bits per heavy atom. The molecule has 0 spiro atoms. The van der Waals surface area contributed by atoms with Crippen LogP contribution in [0.15, 0.2) is 77.7 Å². The summed E-state index contributed by atoms with van der Waals surface area (Å²) in [4.78, 5) is 14.5. The summed E-state index contributed by atoms with van der Waals surface area (Å²) in [6.45, 7) is 2.00. The van der Waals surface area contributed by atoms with Gasteiger partial charge in [0.15, 0.2) is 0 Å². The Kier molecular flexibility index (Phi) is 5.93. The number of carbonyl (C=O) groups is 1. The average Bonchev–Trinajstić information content (AvgIpc) is 3.15. The molecule has 1 heterocycles. The first kappa shape index (κ1) is 21.3. The van der Waals surface area contributed by atoms with Crippen molar-refractivity contribution in [3.05, 3.63) is 83.9 Å². The van der Waals surface area contributed by atoms with Crippen molar-refractivity contribution in [1.29, 1.82) is 0 Å². The van der Waals surface area contributed by atoms with Crippen LogP contribution in [-0.4, -0.2) is 27.2 Å². The minimum atomic E-state index is -3.75. The van der Waals surface area contributed by atoms with E-state index >= 15 is 0 Å². The van der Waals surface area contributed by atoms with Gasteiger partial charge in [0.05, 0.1) is 17.8 Å². The van der Waals surface area contributed by atoms with Crippen LogP contribution in [0.3, 0.4) is 0 Å². The first-order valence-corrected chi connectivity index (χ1v) is 12.2. The first-order chi connectivity index (χ1) is 14.9. The molecule has 1 saturated heterocycles. The van der Waals surface area contributed by atoms with Gasteiger partial charge >= 0.3 is 0 Å². The molecular formula is C23H22N2O4S2. The molecule has 1 N–H and O–H groups in total. The van der Waals surface area contributed by atoms with Crippen LogP contribution in [0.4, 0.5) is 11.4 Å². The van der Waals surface area contributed by atoms with Gasteiger partial charge in [-0.25, -0.2) is 8.42 Å². The van der Waals surface area contributed by atoms with Gasteiger partial charge in [-0.15, -0.1) is 11.8 Å². The van der Waals surface area contributed by atoms with E-state index in [0.29, 0.717) is 17.2 Å². The topological polar surface area (TPSA) is 75.7 Å². The smallest absolute Gasteiger partial charge is 0.261 e. The van der Waals surface area contributed by atoms with Crippen molar-refractivity contribution < 1.29 is 17.9 Å². The van der Waals surface area contributed by atoms with Crippen molar-refractivity contribution in [3.8, 4) is 5.75 Å². The number of nitrogens with one attached hydrogen (secondary N) is 1. The number of amides is 1. The van der Waals surface area contributed by atoms with E-state index in [4.69, 9.17) is 4.74 Å². The Bertz CT molecular complexity index is 1190. The van der Waals surface area contributed by atoms with Gasteiger partial charge in [0.2, 0.25) is 5.91 Å². The van der Waals surface area contributed by atoms with Gasteiger partial charge in [-0.05, 0) is 61.0 Å². The summed E-state index contributed by atoms with van der Waals surface area (Å²) in [7, 11) is -2.23. The molecule has 3 aromatic rings. The van der Waals surface area contributed by atoms with E-state index < -0.39 is 10.0 Å². The van der Waals surface area contributed by atoms with Crippen LogP contribution in [0.2, 0.25) is 0 Å². The number of rotatable bonds is 6. The van der Waals surface area contributed by atoms with E-state index in [1.54, 1.807) is 35.2 Å². The number of aryl methyl sites for hydroxylation is 1. The summed E-state index contributed by atoms with van der Waals surface area (Å²) in [5, 5.41) is -0.222. The highest BCUT2D eigenvalue weighted by atomic mass is 32.2. The molecular weight excluding hydrogens is 432 g/mol. The van der Waals surface area contributed by atoms with Gasteiger partial charge in [-0.1, -0.05) is 29.8 Å².